The number of methoxy groups -OCH3 is 2. The van der Waals surface area contributed by atoms with Gasteiger partial charge in [-0.2, -0.15) is 0 Å². The summed E-state index contributed by atoms with van der Waals surface area (Å²) in [7, 11) is 3.29. The van der Waals surface area contributed by atoms with Crippen LogP contribution in [0.15, 0.2) is 48.5 Å². The second kappa shape index (κ2) is 9.99. The van der Waals surface area contributed by atoms with Crippen LogP contribution in [0, 0.1) is 0 Å². The summed E-state index contributed by atoms with van der Waals surface area (Å²) >= 11 is 0. The Morgan fingerprint density at radius 2 is 1.57 bits per heavy atom. The van der Waals surface area contributed by atoms with Crippen LogP contribution in [0.5, 0.6) is 17.2 Å². The van der Waals surface area contributed by atoms with Crippen LogP contribution in [0.1, 0.15) is 18.4 Å². The lowest BCUT2D eigenvalue weighted by molar-refractivity contribution is -0.124. The summed E-state index contributed by atoms with van der Waals surface area (Å²) in [5.74, 6) is 2.02. The molecule has 1 fully saturated rings. The Hall–Kier alpha value is -2.73. The van der Waals surface area contributed by atoms with Gasteiger partial charge in [0.1, 0.15) is 5.75 Å². The standard InChI is InChI=1S/C22H28N2O4/c1-26-19-8-4-3-7-17(19)15-24-13-11-18(12-14-24)23-22(25)16-28-21-10-6-5-9-20(21)27-2/h3-10,18H,11-16H2,1-2H3,(H,23,25). The monoisotopic (exact) mass is 384 g/mol. The largest absolute Gasteiger partial charge is 0.496 e. The number of hydrogen-bond donors (Lipinski definition) is 1. The van der Waals surface area contributed by atoms with Gasteiger partial charge in [-0.05, 0) is 31.0 Å². The Morgan fingerprint density at radius 1 is 0.964 bits per heavy atom. The van der Waals surface area contributed by atoms with Gasteiger partial charge < -0.3 is 19.5 Å². The molecule has 1 heterocycles. The number of rotatable bonds is 8. The van der Waals surface area contributed by atoms with Gasteiger partial charge in [0, 0.05) is 31.2 Å². The molecule has 0 radical (unpaired) electrons. The highest BCUT2D eigenvalue weighted by Crippen LogP contribution is 2.25. The lowest BCUT2D eigenvalue weighted by atomic mass is 10.0. The van der Waals surface area contributed by atoms with E-state index in [-0.39, 0.29) is 18.6 Å². The molecule has 150 valence electrons. The van der Waals surface area contributed by atoms with Gasteiger partial charge in [0.2, 0.25) is 0 Å². The van der Waals surface area contributed by atoms with E-state index in [4.69, 9.17) is 14.2 Å². The predicted octanol–water partition coefficient (Wildman–Crippen LogP) is 2.86. The van der Waals surface area contributed by atoms with Crippen molar-refractivity contribution in [2.24, 2.45) is 0 Å². The maximum atomic E-state index is 12.2. The number of para-hydroxylation sites is 3. The lowest BCUT2D eigenvalue weighted by Crippen LogP contribution is -2.45. The summed E-state index contributed by atoms with van der Waals surface area (Å²) in [6.07, 6.45) is 1.85. The Kier molecular flexibility index (Phi) is 7.14. The highest BCUT2D eigenvalue weighted by Gasteiger charge is 2.21. The average Bonchev–Trinajstić information content (AvgIpc) is 2.74. The summed E-state index contributed by atoms with van der Waals surface area (Å²) in [5, 5.41) is 3.08. The number of hydrogen-bond acceptors (Lipinski definition) is 5. The number of ether oxygens (including phenoxy) is 3. The minimum atomic E-state index is -0.103. The number of nitrogens with zero attached hydrogens (tertiary/aromatic N) is 1. The minimum absolute atomic E-state index is 0.0121. The number of likely N-dealkylation sites (tertiary alicyclic amines) is 1. The molecule has 0 aromatic heterocycles. The van der Waals surface area contributed by atoms with Crippen LogP contribution in [-0.2, 0) is 11.3 Å². The normalized spacial score (nSPS) is 15.1. The maximum absolute atomic E-state index is 12.2. The van der Waals surface area contributed by atoms with Crippen LogP contribution < -0.4 is 19.5 Å². The molecular formula is C22H28N2O4. The molecule has 1 N–H and O–H groups in total. The van der Waals surface area contributed by atoms with Crippen molar-refractivity contribution in [3.63, 3.8) is 0 Å². The average molecular weight is 384 g/mol. The third kappa shape index (κ3) is 5.39. The summed E-state index contributed by atoms with van der Waals surface area (Å²) in [5.41, 5.74) is 1.19. The third-order valence-corrected chi connectivity index (χ3v) is 4.97. The Morgan fingerprint density at radius 3 is 2.25 bits per heavy atom. The van der Waals surface area contributed by atoms with Crippen molar-refractivity contribution < 1.29 is 19.0 Å². The van der Waals surface area contributed by atoms with Crippen molar-refractivity contribution in [2.75, 3.05) is 33.9 Å². The number of piperidine rings is 1. The Bertz CT molecular complexity index is 773. The third-order valence-electron chi connectivity index (χ3n) is 4.97. The maximum Gasteiger partial charge on any atom is 0.258 e. The zero-order valence-electron chi connectivity index (χ0n) is 16.5. The highest BCUT2D eigenvalue weighted by atomic mass is 16.5. The Labute approximate surface area is 166 Å². The lowest BCUT2D eigenvalue weighted by Gasteiger charge is -2.32. The summed E-state index contributed by atoms with van der Waals surface area (Å²) < 4.78 is 16.3. The topological polar surface area (TPSA) is 60.0 Å². The van der Waals surface area contributed by atoms with Crippen molar-refractivity contribution in [2.45, 2.75) is 25.4 Å². The van der Waals surface area contributed by atoms with Gasteiger partial charge in [0.15, 0.2) is 18.1 Å². The van der Waals surface area contributed by atoms with E-state index in [1.54, 1.807) is 20.3 Å². The molecule has 1 aliphatic rings. The first-order valence-electron chi connectivity index (χ1n) is 9.59. The molecule has 28 heavy (non-hydrogen) atoms. The van der Waals surface area contributed by atoms with Crippen molar-refractivity contribution in [3.05, 3.63) is 54.1 Å². The van der Waals surface area contributed by atoms with E-state index in [0.29, 0.717) is 11.5 Å². The zero-order valence-corrected chi connectivity index (χ0v) is 16.5. The van der Waals surface area contributed by atoms with Gasteiger partial charge in [0.25, 0.3) is 5.91 Å². The van der Waals surface area contributed by atoms with Gasteiger partial charge >= 0.3 is 0 Å². The first-order valence-corrected chi connectivity index (χ1v) is 9.59. The van der Waals surface area contributed by atoms with Crippen LogP contribution >= 0.6 is 0 Å². The van der Waals surface area contributed by atoms with Crippen LogP contribution in [0.4, 0.5) is 0 Å². The van der Waals surface area contributed by atoms with Crippen LogP contribution in [-0.4, -0.2) is 50.8 Å². The SMILES string of the molecule is COc1ccccc1CN1CCC(NC(=O)COc2ccccc2OC)CC1. The molecular weight excluding hydrogens is 356 g/mol. The summed E-state index contributed by atoms with van der Waals surface area (Å²) in [6.45, 7) is 2.73. The second-order valence-electron chi connectivity index (χ2n) is 6.87. The number of carbonyl (C=O) groups is 1. The van der Waals surface area contributed by atoms with Gasteiger partial charge in [-0.15, -0.1) is 0 Å². The summed E-state index contributed by atoms with van der Waals surface area (Å²) in [4.78, 5) is 14.6. The molecule has 0 atom stereocenters. The molecule has 2 aromatic rings. The number of nitrogens with one attached hydrogen (secondary N) is 1. The van der Waals surface area contributed by atoms with E-state index in [1.807, 2.05) is 36.4 Å². The fourth-order valence-electron chi connectivity index (χ4n) is 3.46. The van der Waals surface area contributed by atoms with Crippen molar-refractivity contribution in [1.82, 2.24) is 10.2 Å². The molecule has 0 aliphatic carbocycles. The van der Waals surface area contributed by atoms with Crippen molar-refractivity contribution >= 4 is 5.91 Å². The van der Waals surface area contributed by atoms with Crippen LogP contribution in [0.25, 0.3) is 0 Å². The molecule has 6 heteroatoms. The van der Waals surface area contributed by atoms with Gasteiger partial charge in [0.05, 0.1) is 14.2 Å². The minimum Gasteiger partial charge on any atom is -0.496 e. The molecule has 6 nitrogen and oxygen atoms in total. The Balaban J connectivity index is 1.42. The van der Waals surface area contributed by atoms with Gasteiger partial charge in [-0.1, -0.05) is 30.3 Å². The van der Waals surface area contributed by atoms with E-state index < -0.39 is 0 Å². The van der Waals surface area contributed by atoms with E-state index in [2.05, 4.69) is 16.3 Å². The molecule has 1 amide bonds. The number of amides is 1. The molecule has 0 saturated carbocycles. The fourth-order valence-corrected chi connectivity index (χ4v) is 3.46. The number of carbonyl (C=O) groups excluding carboxylic acids is 1. The van der Waals surface area contributed by atoms with Crippen molar-refractivity contribution in [1.29, 1.82) is 0 Å². The molecule has 3 rings (SSSR count). The van der Waals surface area contributed by atoms with Crippen molar-refractivity contribution in [3.8, 4) is 17.2 Å². The van der Waals surface area contributed by atoms with Crippen LogP contribution in [0.2, 0.25) is 0 Å². The first-order chi connectivity index (χ1) is 13.7. The smallest absolute Gasteiger partial charge is 0.258 e. The molecule has 0 bridgehead atoms. The van der Waals surface area contributed by atoms with E-state index >= 15 is 0 Å². The quantitative estimate of drug-likeness (QED) is 0.758. The molecule has 1 saturated heterocycles. The molecule has 1 aliphatic heterocycles. The molecule has 2 aromatic carbocycles. The fraction of sp³-hybridized carbons (Fsp3) is 0.409. The van der Waals surface area contributed by atoms with Gasteiger partial charge in [-0.25, -0.2) is 0 Å². The summed E-state index contributed by atoms with van der Waals surface area (Å²) in [6, 6.07) is 15.6. The van der Waals surface area contributed by atoms with E-state index in [0.717, 1.165) is 38.2 Å². The van der Waals surface area contributed by atoms with E-state index in [1.165, 1.54) is 5.56 Å². The predicted molar refractivity (Wildman–Crippen MR) is 108 cm³/mol. The second-order valence-corrected chi connectivity index (χ2v) is 6.87. The zero-order chi connectivity index (χ0) is 19.8. The van der Waals surface area contributed by atoms with E-state index in [9.17, 15) is 4.79 Å². The number of benzene rings is 2. The first kappa shape index (κ1) is 20.0. The van der Waals surface area contributed by atoms with Gasteiger partial charge in [-0.3, -0.25) is 9.69 Å². The molecule has 0 unspecified atom stereocenters. The van der Waals surface area contributed by atoms with Crippen LogP contribution in [0.3, 0.4) is 0 Å². The highest BCUT2D eigenvalue weighted by molar-refractivity contribution is 5.78. The molecule has 0 spiro atoms.